The molecular weight excluding hydrogens is 383 g/mol. The molecule has 3 fully saturated rings. The first-order valence-corrected chi connectivity index (χ1v) is 11.1. The molecule has 1 aliphatic carbocycles. The lowest BCUT2D eigenvalue weighted by Gasteiger charge is -2.43. The van der Waals surface area contributed by atoms with Crippen LogP contribution in [-0.4, -0.2) is 96.4 Å². The van der Waals surface area contributed by atoms with Crippen molar-refractivity contribution in [3.05, 3.63) is 41.7 Å². The number of benzene rings is 1. The minimum absolute atomic E-state index is 0.114. The van der Waals surface area contributed by atoms with Crippen molar-refractivity contribution in [3.63, 3.8) is 0 Å². The van der Waals surface area contributed by atoms with Crippen molar-refractivity contribution in [1.82, 2.24) is 19.6 Å². The highest BCUT2D eigenvalue weighted by Crippen LogP contribution is 2.25. The van der Waals surface area contributed by atoms with Crippen molar-refractivity contribution in [2.75, 3.05) is 58.9 Å². The van der Waals surface area contributed by atoms with Crippen LogP contribution in [0.5, 0.6) is 0 Å². The zero-order chi connectivity index (χ0) is 20.9. The van der Waals surface area contributed by atoms with Gasteiger partial charge in [0.05, 0.1) is 6.54 Å². The number of halogens is 1. The predicted molar refractivity (Wildman–Crippen MR) is 114 cm³/mol. The molecule has 2 saturated heterocycles. The van der Waals surface area contributed by atoms with E-state index < -0.39 is 0 Å². The fourth-order valence-corrected chi connectivity index (χ4v) is 4.38. The van der Waals surface area contributed by atoms with Crippen molar-refractivity contribution in [2.45, 2.75) is 25.3 Å². The molecule has 0 unspecified atom stereocenters. The maximum atomic E-state index is 13.7. The molecule has 1 saturated carbocycles. The Kier molecular flexibility index (Phi) is 6.79. The summed E-state index contributed by atoms with van der Waals surface area (Å²) in [5.41, 5.74) is 0.410. The molecule has 0 spiro atoms. The Morgan fingerprint density at radius 1 is 0.933 bits per heavy atom. The smallest absolute Gasteiger partial charge is 0.246 e. The Hall–Kier alpha value is -2.25. The molecular formula is C23H31FN4O2. The number of nitrogens with zero attached hydrogens (tertiary/aromatic N) is 4. The maximum Gasteiger partial charge on any atom is 0.246 e. The van der Waals surface area contributed by atoms with Crippen LogP contribution in [0.3, 0.4) is 0 Å². The standard InChI is InChI=1S/C23H31FN4O2/c24-21-7-2-1-4-19(21)8-9-22(29)27-12-10-25(11-13-27)18-23(30)28-16-14-26(15-17-28)20-5-3-6-20/h1-2,4,7-9,20H,3,5-6,10-18H2/b9-8+. The Morgan fingerprint density at radius 2 is 1.60 bits per heavy atom. The summed E-state index contributed by atoms with van der Waals surface area (Å²) < 4.78 is 13.7. The molecule has 0 bridgehead atoms. The number of carbonyl (C=O) groups excluding carboxylic acids is 2. The molecule has 0 N–H and O–H groups in total. The molecule has 1 aromatic carbocycles. The van der Waals surface area contributed by atoms with Gasteiger partial charge in [0.15, 0.2) is 0 Å². The molecule has 0 aromatic heterocycles. The molecule has 2 heterocycles. The summed E-state index contributed by atoms with van der Waals surface area (Å²) in [5.74, 6) is -0.253. The van der Waals surface area contributed by atoms with Gasteiger partial charge in [-0.1, -0.05) is 24.6 Å². The topological polar surface area (TPSA) is 47.1 Å². The molecule has 162 valence electrons. The third kappa shape index (κ3) is 5.08. The third-order valence-corrected chi connectivity index (χ3v) is 6.61. The second-order valence-corrected chi connectivity index (χ2v) is 8.46. The molecule has 0 radical (unpaired) electrons. The summed E-state index contributed by atoms with van der Waals surface area (Å²) in [6.45, 7) is 6.62. The lowest BCUT2D eigenvalue weighted by Crippen LogP contribution is -2.56. The Labute approximate surface area is 177 Å². The minimum Gasteiger partial charge on any atom is -0.339 e. The van der Waals surface area contributed by atoms with Crippen molar-refractivity contribution in [2.24, 2.45) is 0 Å². The van der Waals surface area contributed by atoms with Gasteiger partial charge in [-0.2, -0.15) is 0 Å². The average molecular weight is 415 g/mol. The van der Waals surface area contributed by atoms with E-state index in [-0.39, 0.29) is 17.6 Å². The summed E-state index contributed by atoms with van der Waals surface area (Å²) in [5, 5.41) is 0. The zero-order valence-corrected chi connectivity index (χ0v) is 17.5. The molecule has 0 atom stereocenters. The van der Waals surface area contributed by atoms with Gasteiger partial charge in [-0.05, 0) is 25.0 Å². The Balaban J connectivity index is 1.18. The summed E-state index contributed by atoms with van der Waals surface area (Å²) in [7, 11) is 0. The summed E-state index contributed by atoms with van der Waals surface area (Å²) in [4.78, 5) is 33.5. The lowest BCUT2D eigenvalue weighted by atomic mass is 9.91. The summed E-state index contributed by atoms with van der Waals surface area (Å²) >= 11 is 0. The summed E-state index contributed by atoms with van der Waals surface area (Å²) in [6.07, 6.45) is 6.92. The van der Waals surface area contributed by atoms with E-state index in [2.05, 4.69) is 9.80 Å². The SMILES string of the molecule is O=C(/C=C/c1ccccc1F)N1CCN(CC(=O)N2CCN(C3CCC3)CC2)CC1. The quantitative estimate of drug-likeness (QED) is 0.688. The van der Waals surface area contributed by atoms with E-state index in [9.17, 15) is 14.0 Å². The normalized spacial score (nSPS) is 21.8. The van der Waals surface area contributed by atoms with E-state index in [1.807, 2.05) is 4.90 Å². The van der Waals surface area contributed by atoms with Crippen LogP contribution in [-0.2, 0) is 9.59 Å². The fourth-order valence-electron chi connectivity index (χ4n) is 4.38. The molecule has 3 aliphatic rings. The second-order valence-electron chi connectivity index (χ2n) is 8.46. The highest BCUT2D eigenvalue weighted by Gasteiger charge is 2.30. The van der Waals surface area contributed by atoms with Crippen LogP contribution in [0.2, 0.25) is 0 Å². The van der Waals surface area contributed by atoms with Gasteiger partial charge in [-0.25, -0.2) is 4.39 Å². The van der Waals surface area contributed by atoms with Crippen molar-refractivity contribution < 1.29 is 14.0 Å². The van der Waals surface area contributed by atoms with Crippen LogP contribution in [0.4, 0.5) is 4.39 Å². The number of piperazine rings is 2. The Morgan fingerprint density at radius 3 is 2.23 bits per heavy atom. The van der Waals surface area contributed by atoms with Gasteiger partial charge in [0.2, 0.25) is 11.8 Å². The largest absolute Gasteiger partial charge is 0.339 e. The van der Waals surface area contributed by atoms with Crippen molar-refractivity contribution in [1.29, 1.82) is 0 Å². The van der Waals surface area contributed by atoms with Crippen molar-refractivity contribution in [3.8, 4) is 0 Å². The van der Waals surface area contributed by atoms with Crippen LogP contribution in [0.1, 0.15) is 24.8 Å². The van der Waals surface area contributed by atoms with Gasteiger partial charge < -0.3 is 9.80 Å². The number of rotatable bonds is 5. The zero-order valence-electron chi connectivity index (χ0n) is 17.5. The van der Waals surface area contributed by atoms with Gasteiger partial charge in [0.25, 0.3) is 0 Å². The lowest BCUT2D eigenvalue weighted by molar-refractivity contribution is -0.135. The van der Waals surface area contributed by atoms with Gasteiger partial charge in [0, 0.05) is 70.0 Å². The number of hydrogen-bond acceptors (Lipinski definition) is 4. The molecule has 4 rings (SSSR count). The molecule has 2 aliphatic heterocycles. The monoisotopic (exact) mass is 414 g/mol. The van der Waals surface area contributed by atoms with Crippen LogP contribution < -0.4 is 0 Å². The Bertz CT molecular complexity index is 779. The first kappa shape index (κ1) is 21.0. The fraction of sp³-hybridized carbons (Fsp3) is 0.565. The number of amides is 2. The van der Waals surface area contributed by atoms with Gasteiger partial charge in [-0.3, -0.25) is 19.4 Å². The van der Waals surface area contributed by atoms with Gasteiger partial charge in [0.1, 0.15) is 5.82 Å². The van der Waals surface area contributed by atoms with Crippen LogP contribution in [0.25, 0.3) is 6.08 Å². The van der Waals surface area contributed by atoms with E-state index in [4.69, 9.17) is 0 Å². The molecule has 7 heteroatoms. The highest BCUT2D eigenvalue weighted by atomic mass is 19.1. The highest BCUT2D eigenvalue weighted by molar-refractivity contribution is 5.91. The second kappa shape index (κ2) is 9.71. The molecule has 30 heavy (non-hydrogen) atoms. The van der Waals surface area contributed by atoms with E-state index in [1.165, 1.54) is 37.5 Å². The van der Waals surface area contributed by atoms with Crippen LogP contribution in [0.15, 0.2) is 30.3 Å². The first-order chi connectivity index (χ1) is 14.6. The van der Waals surface area contributed by atoms with E-state index >= 15 is 0 Å². The maximum absolute atomic E-state index is 13.7. The van der Waals surface area contributed by atoms with Crippen LogP contribution in [0, 0.1) is 5.82 Å². The van der Waals surface area contributed by atoms with E-state index in [1.54, 1.807) is 23.1 Å². The van der Waals surface area contributed by atoms with Crippen molar-refractivity contribution >= 4 is 17.9 Å². The van der Waals surface area contributed by atoms with E-state index in [0.29, 0.717) is 38.3 Å². The minimum atomic E-state index is -0.335. The van der Waals surface area contributed by atoms with E-state index in [0.717, 1.165) is 32.2 Å². The number of carbonyl (C=O) groups is 2. The molecule has 2 amide bonds. The van der Waals surface area contributed by atoms with Gasteiger partial charge in [-0.15, -0.1) is 0 Å². The van der Waals surface area contributed by atoms with Gasteiger partial charge >= 0.3 is 0 Å². The molecule has 6 nitrogen and oxygen atoms in total. The predicted octanol–water partition coefficient (Wildman–Crippen LogP) is 1.68. The first-order valence-electron chi connectivity index (χ1n) is 11.1. The van der Waals surface area contributed by atoms with Crippen LogP contribution >= 0.6 is 0 Å². The third-order valence-electron chi connectivity index (χ3n) is 6.61. The average Bonchev–Trinajstić information content (AvgIpc) is 2.73. The molecule has 1 aromatic rings. The summed E-state index contributed by atoms with van der Waals surface area (Å²) in [6, 6.07) is 7.15. The number of hydrogen-bond donors (Lipinski definition) is 0.